The van der Waals surface area contributed by atoms with Crippen molar-refractivity contribution >= 4 is 23.4 Å². The van der Waals surface area contributed by atoms with Crippen molar-refractivity contribution in [3.05, 3.63) is 34.9 Å². The highest BCUT2D eigenvalue weighted by molar-refractivity contribution is 6.30. The molecule has 1 fully saturated rings. The lowest BCUT2D eigenvalue weighted by Gasteiger charge is -2.35. The second kappa shape index (κ2) is 7.43. The fourth-order valence-corrected chi connectivity index (χ4v) is 2.67. The number of benzene rings is 1. The van der Waals surface area contributed by atoms with Crippen molar-refractivity contribution in [3.8, 4) is 0 Å². The molecule has 1 atom stereocenters. The molecule has 1 saturated heterocycles. The molecule has 1 unspecified atom stereocenters. The Morgan fingerprint density at radius 2 is 2.29 bits per heavy atom. The van der Waals surface area contributed by atoms with Crippen LogP contribution >= 0.6 is 11.6 Å². The van der Waals surface area contributed by atoms with E-state index in [-0.39, 0.29) is 18.2 Å². The van der Waals surface area contributed by atoms with Crippen LogP contribution in [-0.2, 0) is 16.0 Å². The van der Waals surface area contributed by atoms with Crippen molar-refractivity contribution in [3.63, 3.8) is 0 Å². The number of piperazine rings is 1. The third-order valence-electron chi connectivity index (χ3n) is 3.46. The maximum Gasteiger partial charge on any atom is 0.244 e. The number of hydrogen-bond donors (Lipinski definition) is 2. The average molecular weight is 310 g/mol. The molecular weight excluding hydrogens is 290 g/mol. The summed E-state index contributed by atoms with van der Waals surface area (Å²) in [5.74, 6) is -0.154. The molecule has 1 heterocycles. The number of halogens is 1. The quantitative estimate of drug-likeness (QED) is 0.865. The van der Waals surface area contributed by atoms with E-state index in [4.69, 9.17) is 11.6 Å². The predicted molar refractivity (Wildman–Crippen MR) is 82.2 cm³/mol. The zero-order valence-electron chi connectivity index (χ0n) is 12.1. The zero-order valence-corrected chi connectivity index (χ0v) is 12.8. The minimum absolute atomic E-state index is 0.0463. The van der Waals surface area contributed by atoms with E-state index < -0.39 is 6.04 Å². The van der Waals surface area contributed by atoms with Crippen molar-refractivity contribution in [2.24, 2.45) is 0 Å². The maximum atomic E-state index is 12.5. The van der Waals surface area contributed by atoms with E-state index in [1.165, 1.54) is 0 Å². The number of nitrogens with zero attached hydrogens (tertiary/aromatic N) is 1. The predicted octanol–water partition coefficient (Wildman–Crippen LogP) is 0.819. The number of amides is 2. The Labute approximate surface area is 129 Å². The topological polar surface area (TPSA) is 61.4 Å². The van der Waals surface area contributed by atoms with Gasteiger partial charge >= 0.3 is 0 Å². The number of nitrogens with one attached hydrogen (secondary N) is 2. The molecule has 2 N–H and O–H groups in total. The largest absolute Gasteiger partial charge is 0.355 e. The molecule has 0 aliphatic carbocycles. The Morgan fingerprint density at radius 3 is 3.00 bits per heavy atom. The molecule has 114 valence electrons. The van der Waals surface area contributed by atoms with Crippen LogP contribution in [-0.4, -0.2) is 48.9 Å². The molecule has 0 bridgehead atoms. The summed E-state index contributed by atoms with van der Waals surface area (Å²) in [5, 5.41) is 6.55. The van der Waals surface area contributed by atoms with Crippen LogP contribution < -0.4 is 10.6 Å². The lowest BCUT2D eigenvalue weighted by atomic mass is 10.1. The first kappa shape index (κ1) is 15.8. The van der Waals surface area contributed by atoms with Gasteiger partial charge in [-0.25, -0.2) is 0 Å². The summed E-state index contributed by atoms with van der Waals surface area (Å²) < 4.78 is 0. The van der Waals surface area contributed by atoms with E-state index in [1.54, 1.807) is 17.0 Å². The van der Waals surface area contributed by atoms with E-state index in [1.807, 2.05) is 19.1 Å². The van der Waals surface area contributed by atoms with Gasteiger partial charge in [-0.2, -0.15) is 0 Å². The van der Waals surface area contributed by atoms with Crippen LogP contribution in [0, 0.1) is 0 Å². The number of carbonyl (C=O) groups excluding carboxylic acids is 2. The first-order chi connectivity index (χ1) is 10.1. The van der Waals surface area contributed by atoms with Gasteiger partial charge in [-0.1, -0.05) is 23.7 Å². The summed E-state index contributed by atoms with van der Waals surface area (Å²) in [7, 11) is 0. The molecule has 0 aromatic heterocycles. The van der Waals surface area contributed by atoms with Gasteiger partial charge in [-0.3, -0.25) is 9.59 Å². The lowest BCUT2D eigenvalue weighted by molar-refractivity contribution is -0.141. The maximum absolute atomic E-state index is 12.5. The molecule has 1 aromatic carbocycles. The molecule has 2 amide bonds. The molecule has 5 nitrogen and oxygen atoms in total. The van der Waals surface area contributed by atoms with Crippen LogP contribution in [0.3, 0.4) is 0 Å². The summed E-state index contributed by atoms with van der Waals surface area (Å²) in [6.45, 7) is 4.17. The fourth-order valence-electron chi connectivity index (χ4n) is 2.45. The highest BCUT2D eigenvalue weighted by atomic mass is 35.5. The van der Waals surface area contributed by atoms with Crippen molar-refractivity contribution in [2.45, 2.75) is 19.4 Å². The fraction of sp³-hybridized carbons (Fsp3) is 0.467. The zero-order chi connectivity index (χ0) is 15.2. The lowest BCUT2D eigenvalue weighted by Crippen LogP contribution is -2.59. The summed E-state index contributed by atoms with van der Waals surface area (Å²) in [6, 6.07) is 6.81. The smallest absolute Gasteiger partial charge is 0.244 e. The number of rotatable bonds is 4. The van der Waals surface area contributed by atoms with Crippen molar-refractivity contribution in [2.75, 3.05) is 26.2 Å². The van der Waals surface area contributed by atoms with Gasteiger partial charge in [0, 0.05) is 31.2 Å². The monoisotopic (exact) mass is 309 g/mol. The normalized spacial score (nSPS) is 18.4. The van der Waals surface area contributed by atoms with Gasteiger partial charge in [0.2, 0.25) is 11.8 Å². The highest BCUT2D eigenvalue weighted by Crippen LogP contribution is 2.13. The number of hydrogen-bond acceptors (Lipinski definition) is 3. The highest BCUT2D eigenvalue weighted by Gasteiger charge is 2.31. The summed E-state index contributed by atoms with van der Waals surface area (Å²) in [4.78, 5) is 26.2. The standard InChI is InChI=1S/C15H20ClN3O2/c1-2-18-15(21)13-10-17-6-7-19(13)14(20)9-11-4-3-5-12(16)8-11/h3-5,8,13,17H,2,6-7,9-10H2,1H3,(H,18,21). The molecule has 1 aromatic rings. The Hall–Kier alpha value is -1.59. The SMILES string of the molecule is CCNC(=O)C1CNCCN1C(=O)Cc1cccc(Cl)c1. The summed E-state index contributed by atoms with van der Waals surface area (Å²) >= 11 is 5.94. The van der Waals surface area contributed by atoms with Crippen molar-refractivity contribution < 1.29 is 9.59 Å². The molecule has 0 saturated carbocycles. The minimum Gasteiger partial charge on any atom is -0.355 e. The van der Waals surface area contributed by atoms with E-state index >= 15 is 0 Å². The Kier molecular flexibility index (Phi) is 5.59. The van der Waals surface area contributed by atoms with Gasteiger partial charge in [-0.05, 0) is 24.6 Å². The number of carbonyl (C=O) groups is 2. The molecule has 21 heavy (non-hydrogen) atoms. The van der Waals surface area contributed by atoms with Gasteiger partial charge in [-0.15, -0.1) is 0 Å². The van der Waals surface area contributed by atoms with Gasteiger partial charge in [0.1, 0.15) is 6.04 Å². The van der Waals surface area contributed by atoms with E-state index in [2.05, 4.69) is 10.6 Å². The van der Waals surface area contributed by atoms with Gasteiger partial charge in [0.05, 0.1) is 6.42 Å². The molecule has 6 heteroatoms. The molecule has 1 aliphatic rings. The van der Waals surface area contributed by atoms with Crippen molar-refractivity contribution in [1.82, 2.24) is 15.5 Å². The van der Waals surface area contributed by atoms with Crippen LogP contribution in [0.5, 0.6) is 0 Å². The van der Waals surface area contributed by atoms with Gasteiger partial charge in [0.15, 0.2) is 0 Å². The van der Waals surface area contributed by atoms with E-state index in [0.29, 0.717) is 31.2 Å². The van der Waals surface area contributed by atoms with Gasteiger partial charge < -0.3 is 15.5 Å². The van der Waals surface area contributed by atoms with Crippen molar-refractivity contribution in [1.29, 1.82) is 0 Å². The Balaban J connectivity index is 2.06. The summed E-state index contributed by atoms with van der Waals surface area (Å²) in [5.41, 5.74) is 0.862. The van der Waals surface area contributed by atoms with E-state index in [9.17, 15) is 9.59 Å². The molecular formula is C15H20ClN3O2. The second-order valence-electron chi connectivity index (χ2n) is 5.01. The van der Waals surface area contributed by atoms with Crippen LogP contribution in [0.4, 0.5) is 0 Å². The third kappa shape index (κ3) is 4.19. The van der Waals surface area contributed by atoms with Gasteiger partial charge in [0.25, 0.3) is 0 Å². The van der Waals surface area contributed by atoms with Crippen LogP contribution in [0.2, 0.25) is 5.02 Å². The first-order valence-electron chi connectivity index (χ1n) is 7.14. The van der Waals surface area contributed by atoms with Crippen LogP contribution in [0.25, 0.3) is 0 Å². The molecule has 2 rings (SSSR count). The molecule has 0 radical (unpaired) electrons. The van der Waals surface area contributed by atoms with Crippen LogP contribution in [0.1, 0.15) is 12.5 Å². The second-order valence-corrected chi connectivity index (χ2v) is 5.44. The van der Waals surface area contributed by atoms with Crippen LogP contribution in [0.15, 0.2) is 24.3 Å². The Morgan fingerprint density at radius 1 is 1.48 bits per heavy atom. The minimum atomic E-state index is -0.439. The molecule has 0 spiro atoms. The third-order valence-corrected chi connectivity index (χ3v) is 3.70. The average Bonchev–Trinajstić information content (AvgIpc) is 2.47. The first-order valence-corrected chi connectivity index (χ1v) is 7.52. The van der Waals surface area contributed by atoms with E-state index in [0.717, 1.165) is 5.56 Å². The Bertz CT molecular complexity index is 521. The molecule has 1 aliphatic heterocycles. The summed E-state index contributed by atoms with van der Waals surface area (Å²) in [6.07, 6.45) is 0.260. The number of likely N-dealkylation sites (N-methyl/N-ethyl adjacent to an activating group) is 1.